The number of nitrogens with two attached hydrogens (primary N) is 1. The summed E-state index contributed by atoms with van der Waals surface area (Å²) in [5.41, 5.74) is 6.85. The van der Waals surface area contributed by atoms with Gasteiger partial charge in [0, 0.05) is 34.8 Å². The molecule has 1 aromatic rings. The summed E-state index contributed by atoms with van der Waals surface area (Å²) in [5.74, 6) is 0.0109. The van der Waals surface area contributed by atoms with Crippen LogP contribution in [-0.2, 0) is 11.2 Å². The maximum atomic E-state index is 12.1. The lowest BCUT2D eigenvalue weighted by Crippen LogP contribution is -2.76. The Morgan fingerprint density at radius 3 is 2.47 bits per heavy atom. The van der Waals surface area contributed by atoms with E-state index in [2.05, 4.69) is 38.0 Å². The second-order valence-electron chi connectivity index (χ2n) is 6.62. The van der Waals surface area contributed by atoms with E-state index in [1.54, 1.807) is 6.20 Å². The Morgan fingerprint density at radius 1 is 1.32 bits per heavy atom. The fourth-order valence-electron chi connectivity index (χ4n) is 3.43. The first kappa shape index (κ1) is 14.0. The molecule has 1 saturated carbocycles. The van der Waals surface area contributed by atoms with Crippen LogP contribution in [0.1, 0.15) is 33.4 Å². The van der Waals surface area contributed by atoms with Gasteiger partial charge in [-0.2, -0.15) is 0 Å². The van der Waals surface area contributed by atoms with E-state index in [4.69, 9.17) is 5.73 Å². The second kappa shape index (κ2) is 4.60. The lowest BCUT2D eigenvalue weighted by molar-refractivity contribution is -0.131. The van der Waals surface area contributed by atoms with Gasteiger partial charge in [0.2, 0.25) is 5.91 Å². The number of nitrogens with one attached hydrogen (secondary N) is 1. The second-order valence-corrected chi connectivity index (χ2v) is 6.62. The molecule has 0 atom stereocenters. The summed E-state index contributed by atoms with van der Waals surface area (Å²) in [5, 5.41) is 3.12. The van der Waals surface area contributed by atoms with Gasteiger partial charge in [0.1, 0.15) is 0 Å². The standard InChI is InChI=1S/C15H23N3O/c1-14(2)12(16)15(3,4)13(14)18-11(19)9-10-7-5-6-8-17-10/h5-8,12-13H,9,16H2,1-4H3,(H,18,19). The quantitative estimate of drug-likeness (QED) is 0.866. The Bertz CT molecular complexity index is 452. The zero-order valence-electron chi connectivity index (χ0n) is 12.1. The van der Waals surface area contributed by atoms with Crippen LogP contribution in [0.25, 0.3) is 0 Å². The summed E-state index contributed by atoms with van der Waals surface area (Å²) in [6.45, 7) is 8.42. The van der Waals surface area contributed by atoms with Crippen LogP contribution in [-0.4, -0.2) is 23.0 Å². The van der Waals surface area contributed by atoms with E-state index in [-0.39, 0.29) is 28.8 Å². The first-order valence-electron chi connectivity index (χ1n) is 6.71. The minimum atomic E-state index is -0.0662. The van der Waals surface area contributed by atoms with Gasteiger partial charge in [-0.3, -0.25) is 9.78 Å². The zero-order valence-corrected chi connectivity index (χ0v) is 12.1. The summed E-state index contributed by atoms with van der Waals surface area (Å²) < 4.78 is 0. The molecule has 0 spiro atoms. The number of carbonyl (C=O) groups excluding carboxylic acids is 1. The molecule has 1 aliphatic carbocycles. The van der Waals surface area contributed by atoms with Crippen molar-refractivity contribution < 1.29 is 4.79 Å². The number of pyridine rings is 1. The van der Waals surface area contributed by atoms with Crippen molar-refractivity contribution in [1.29, 1.82) is 0 Å². The predicted octanol–water partition coefficient (Wildman–Crippen LogP) is 1.50. The minimum absolute atomic E-state index is 0.0109. The molecule has 1 fully saturated rings. The molecule has 0 unspecified atom stereocenters. The van der Waals surface area contributed by atoms with Crippen LogP contribution in [0, 0.1) is 10.8 Å². The van der Waals surface area contributed by atoms with Gasteiger partial charge in [-0.05, 0) is 12.1 Å². The van der Waals surface area contributed by atoms with Gasteiger partial charge in [-0.25, -0.2) is 0 Å². The van der Waals surface area contributed by atoms with Gasteiger partial charge in [0.15, 0.2) is 0 Å². The topological polar surface area (TPSA) is 68.0 Å². The van der Waals surface area contributed by atoms with Crippen molar-refractivity contribution in [2.45, 2.75) is 46.2 Å². The molecule has 0 radical (unpaired) electrons. The van der Waals surface area contributed by atoms with Crippen molar-refractivity contribution in [2.24, 2.45) is 16.6 Å². The van der Waals surface area contributed by atoms with Crippen molar-refractivity contribution in [3.8, 4) is 0 Å². The average Bonchev–Trinajstić information content (AvgIpc) is 2.36. The highest BCUT2D eigenvalue weighted by Gasteiger charge is 2.60. The van der Waals surface area contributed by atoms with E-state index < -0.39 is 0 Å². The van der Waals surface area contributed by atoms with Crippen LogP contribution in [0.2, 0.25) is 0 Å². The molecule has 0 aromatic carbocycles. The molecular weight excluding hydrogens is 238 g/mol. The van der Waals surface area contributed by atoms with E-state index in [0.717, 1.165) is 5.69 Å². The number of rotatable bonds is 3. The Balaban J connectivity index is 2.00. The number of aromatic nitrogens is 1. The molecule has 1 heterocycles. The molecule has 104 valence electrons. The van der Waals surface area contributed by atoms with Crippen molar-refractivity contribution in [3.05, 3.63) is 30.1 Å². The van der Waals surface area contributed by atoms with Crippen LogP contribution in [0.3, 0.4) is 0 Å². The summed E-state index contributed by atoms with van der Waals surface area (Å²) in [7, 11) is 0. The lowest BCUT2D eigenvalue weighted by atomic mass is 9.48. The van der Waals surface area contributed by atoms with Crippen molar-refractivity contribution >= 4 is 5.91 Å². The fraction of sp³-hybridized carbons (Fsp3) is 0.600. The van der Waals surface area contributed by atoms with E-state index in [1.807, 2.05) is 18.2 Å². The molecule has 0 aliphatic heterocycles. The number of carbonyl (C=O) groups is 1. The molecule has 2 rings (SSSR count). The average molecular weight is 261 g/mol. The van der Waals surface area contributed by atoms with Crippen LogP contribution >= 0.6 is 0 Å². The Kier molecular flexibility index (Phi) is 3.39. The molecule has 3 N–H and O–H groups in total. The maximum Gasteiger partial charge on any atom is 0.226 e. The molecular formula is C15H23N3O. The van der Waals surface area contributed by atoms with E-state index >= 15 is 0 Å². The predicted molar refractivity (Wildman–Crippen MR) is 75.4 cm³/mol. The van der Waals surface area contributed by atoms with E-state index in [0.29, 0.717) is 6.42 Å². The molecule has 1 aliphatic rings. The van der Waals surface area contributed by atoms with Gasteiger partial charge >= 0.3 is 0 Å². The molecule has 4 nitrogen and oxygen atoms in total. The highest BCUT2D eigenvalue weighted by atomic mass is 16.1. The highest BCUT2D eigenvalue weighted by Crippen LogP contribution is 2.52. The molecule has 1 amide bonds. The number of amides is 1. The Hall–Kier alpha value is -1.42. The minimum Gasteiger partial charge on any atom is -0.352 e. The van der Waals surface area contributed by atoms with Crippen LogP contribution in [0.4, 0.5) is 0 Å². The number of hydrogen-bond donors (Lipinski definition) is 2. The van der Waals surface area contributed by atoms with Crippen molar-refractivity contribution in [3.63, 3.8) is 0 Å². The van der Waals surface area contributed by atoms with Crippen molar-refractivity contribution in [1.82, 2.24) is 10.3 Å². The van der Waals surface area contributed by atoms with Crippen LogP contribution in [0.15, 0.2) is 24.4 Å². The summed E-state index contributed by atoms with van der Waals surface area (Å²) in [4.78, 5) is 16.3. The summed E-state index contributed by atoms with van der Waals surface area (Å²) in [6.07, 6.45) is 2.02. The third-order valence-corrected chi connectivity index (χ3v) is 4.46. The van der Waals surface area contributed by atoms with E-state index in [9.17, 15) is 4.79 Å². The normalized spacial score (nSPS) is 27.4. The van der Waals surface area contributed by atoms with Crippen molar-refractivity contribution in [2.75, 3.05) is 0 Å². The smallest absolute Gasteiger partial charge is 0.226 e. The Morgan fingerprint density at radius 2 is 1.95 bits per heavy atom. The Labute approximate surface area is 114 Å². The monoisotopic (exact) mass is 261 g/mol. The van der Waals surface area contributed by atoms with Crippen LogP contribution < -0.4 is 11.1 Å². The molecule has 1 aromatic heterocycles. The number of nitrogens with zero attached hydrogens (tertiary/aromatic N) is 1. The third-order valence-electron chi connectivity index (χ3n) is 4.46. The molecule has 0 bridgehead atoms. The van der Waals surface area contributed by atoms with Gasteiger partial charge in [0.05, 0.1) is 6.42 Å². The molecule has 4 heteroatoms. The molecule has 19 heavy (non-hydrogen) atoms. The first-order valence-corrected chi connectivity index (χ1v) is 6.71. The molecule has 0 saturated heterocycles. The maximum absolute atomic E-state index is 12.1. The van der Waals surface area contributed by atoms with Crippen LogP contribution in [0.5, 0.6) is 0 Å². The van der Waals surface area contributed by atoms with Gasteiger partial charge < -0.3 is 11.1 Å². The van der Waals surface area contributed by atoms with E-state index in [1.165, 1.54) is 0 Å². The lowest BCUT2D eigenvalue weighted by Gasteiger charge is -2.62. The van der Waals surface area contributed by atoms with Gasteiger partial charge in [-0.1, -0.05) is 33.8 Å². The third kappa shape index (κ3) is 2.37. The SMILES string of the molecule is CC1(C)C(N)C(C)(C)C1NC(=O)Cc1ccccn1. The zero-order chi connectivity index (χ0) is 14.3. The van der Waals surface area contributed by atoms with Gasteiger partial charge in [0.25, 0.3) is 0 Å². The summed E-state index contributed by atoms with van der Waals surface area (Å²) >= 11 is 0. The first-order chi connectivity index (χ1) is 8.76. The van der Waals surface area contributed by atoms with Gasteiger partial charge in [-0.15, -0.1) is 0 Å². The number of hydrogen-bond acceptors (Lipinski definition) is 3. The largest absolute Gasteiger partial charge is 0.352 e. The highest BCUT2D eigenvalue weighted by molar-refractivity contribution is 5.78. The fourth-order valence-corrected chi connectivity index (χ4v) is 3.43. The summed E-state index contributed by atoms with van der Waals surface area (Å²) in [6, 6.07) is 5.80.